The highest BCUT2D eigenvalue weighted by Crippen LogP contribution is 2.24. The van der Waals surface area contributed by atoms with Gasteiger partial charge >= 0.3 is 0 Å². The van der Waals surface area contributed by atoms with Crippen LogP contribution in [0.4, 0.5) is 4.39 Å². The predicted octanol–water partition coefficient (Wildman–Crippen LogP) is 2.86. The first-order chi connectivity index (χ1) is 11.2. The van der Waals surface area contributed by atoms with E-state index in [2.05, 4.69) is 27.2 Å². The van der Waals surface area contributed by atoms with Gasteiger partial charge in [-0.15, -0.1) is 6.58 Å². The SMILES string of the molecule is C=CCNC(=NC)NCc1ccc(Oc2cccnc2)c(F)c1. The van der Waals surface area contributed by atoms with E-state index in [1.807, 2.05) is 0 Å². The van der Waals surface area contributed by atoms with Gasteiger partial charge in [0.2, 0.25) is 0 Å². The Morgan fingerprint density at radius 3 is 2.91 bits per heavy atom. The van der Waals surface area contributed by atoms with Gasteiger partial charge in [-0.1, -0.05) is 12.1 Å². The van der Waals surface area contributed by atoms with E-state index in [4.69, 9.17) is 4.74 Å². The largest absolute Gasteiger partial charge is 0.453 e. The van der Waals surface area contributed by atoms with Crippen molar-refractivity contribution >= 4 is 5.96 Å². The minimum atomic E-state index is -0.429. The van der Waals surface area contributed by atoms with Crippen LogP contribution in [-0.2, 0) is 6.54 Å². The minimum absolute atomic E-state index is 0.163. The molecule has 0 bridgehead atoms. The summed E-state index contributed by atoms with van der Waals surface area (Å²) in [6, 6.07) is 8.27. The van der Waals surface area contributed by atoms with Crippen LogP contribution in [0.25, 0.3) is 0 Å². The van der Waals surface area contributed by atoms with E-state index in [0.29, 0.717) is 24.8 Å². The zero-order valence-corrected chi connectivity index (χ0v) is 12.9. The fourth-order valence-corrected chi connectivity index (χ4v) is 1.85. The molecule has 0 radical (unpaired) electrons. The number of hydrogen-bond donors (Lipinski definition) is 2. The third kappa shape index (κ3) is 5.10. The highest BCUT2D eigenvalue weighted by atomic mass is 19.1. The van der Waals surface area contributed by atoms with Crippen molar-refractivity contribution in [2.45, 2.75) is 6.54 Å². The molecular formula is C17H19FN4O. The lowest BCUT2D eigenvalue weighted by atomic mass is 10.2. The first kappa shape index (κ1) is 16.5. The van der Waals surface area contributed by atoms with Crippen LogP contribution >= 0.6 is 0 Å². The highest BCUT2D eigenvalue weighted by Gasteiger charge is 2.07. The Labute approximate surface area is 134 Å². The summed E-state index contributed by atoms with van der Waals surface area (Å²) in [6.45, 7) is 4.68. The molecule has 0 aliphatic carbocycles. The number of aromatic nitrogens is 1. The average molecular weight is 314 g/mol. The van der Waals surface area contributed by atoms with Crippen LogP contribution in [0.5, 0.6) is 11.5 Å². The van der Waals surface area contributed by atoms with Crippen LogP contribution in [0.2, 0.25) is 0 Å². The Kier molecular flexibility index (Phi) is 6.11. The molecule has 2 rings (SSSR count). The van der Waals surface area contributed by atoms with Gasteiger partial charge in [-0.2, -0.15) is 0 Å². The molecule has 0 saturated carbocycles. The first-order valence-corrected chi connectivity index (χ1v) is 7.14. The van der Waals surface area contributed by atoms with Gasteiger partial charge < -0.3 is 15.4 Å². The lowest BCUT2D eigenvalue weighted by Crippen LogP contribution is -2.36. The van der Waals surface area contributed by atoms with Gasteiger partial charge in [0.1, 0.15) is 5.75 Å². The molecular weight excluding hydrogens is 295 g/mol. The molecule has 2 aromatic rings. The number of aliphatic imine (C=N–C) groups is 1. The molecule has 5 nitrogen and oxygen atoms in total. The number of pyridine rings is 1. The molecule has 0 unspecified atom stereocenters. The third-order valence-corrected chi connectivity index (χ3v) is 2.96. The Balaban J connectivity index is 1.97. The summed E-state index contributed by atoms with van der Waals surface area (Å²) in [6.07, 6.45) is 4.90. The van der Waals surface area contributed by atoms with Gasteiger partial charge in [-0.25, -0.2) is 4.39 Å². The quantitative estimate of drug-likeness (QED) is 0.489. The molecule has 0 aliphatic rings. The molecule has 0 atom stereocenters. The molecule has 1 heterocycles. The van der Waals surface area contributed by atoms with Crippen molar-refractivity contribution in [3.63, 3.8) is 0 Å². The third-order valence-electron chi connectivity index (χ3n) is 2.96. The lowest BCUT2D eigenvalue weighted by molar-refractivity contribution is 0.440. The normalized spacial score (nSPS) is 11.0. The van der Waals surface area contributed by atoms with Gasteiger partial charge in [0.15, 0.2) is 17.5 Å². The number of nitrogens with one attached hydrogen (secondary N) is 2. The Hall–Kier alpha value is -2.89. The smallest absolute Gasteiger partial charge is 0.191 e. The van der Waals surface area contributed by atoms with Gasteiger partial charge in [-0.3, -0.25) is 9.98 Å². The van der Waals surface area contributed by atoms with Crippen molar-refractivity contribution in [2.75, 3.05) is 13.6 Å². The second kappa shape index (κ2) is 8.53. The Morgan fingerprint density at radius 2 is 2.26 bits per heavy atom. The van der Waals surface area contributed by atoms with E-state index in [1.54, 1.807) is 43.6 Å². The van der Waals surface area contributed by atoms with E-state index < -0.39 is 5.82 Å². The second-order valence-electron chi connectivity index (χ2n) is 4.65. The van der Waals surface area contributed by atoms with Crippen LogP contribution in [0.15, 0.2) is 60.4 Å². The van der Waals surface area contributed by atoms with Crippen LogP contribution in [-0.4, -0.2) is 24.5 Å². The van der Waals surface area contributed by atoms with Crippen LogP contribution in [0.1, 0.15) is 5.56 Å². The average Bonchev–Trinajstić information content (AvgIpc) is 2.58. The van der Waals surface area contributed by atoms with Crippen molar-refractivity contribution in [2.24, 2.45) is 4.99 Å². The number of rotatable bonds is 6. The predicted molar refractivity (Wildman–Crippen MR) is 89.1 cm³/mol. The number of ether oxygens (including phenoxy) is 1. The lowest BCUT2D eigenvalue weighted by Gasteiger charge is -2.11. The molecule has 0 saturated heterocycles. The fraction of sp³-hybridized carbons (Fsp3) is 0.176. The molecule has 1 aromatic heterocycles. The number of benzene rings is 1. The van der Waals surface area contributed by atoms with Gasteiger partial charge in [0.05, 0.1) is 6.20 Å². The number of halogens is 1. The van der Waals surface area contributed by atoms with Crippen molar-refractivity contribution in [3.05, 3.63) is 66.8 Å². The molecule has 6 heteroatoms. The number of guanidine groups is 1. The number of nitrogens with zero attached hydrogens (tertiary/aromatic N) is 2. The zero-order chi connectivity index (χ0) is 16.5. The van der Waals surface area contributed by atoms with Crippen molar-refractivity contribution < 1.29 is 9.13 Å². The van der Waals surface area contributed by atoms with E-state index in [9.17, 15) is 4.39 Å². The highest BCUT2D eigenvalue weighted by molar-refractivity contribution is 5.79. The van der Waals surface area contributed by atoms with Gasteiger partial charge in [-0.05, 0) is 29.8 Å². The standard InChI is InChI=1S/C17H19FN4O/c1-3-8-21-17(19-2)22-11-13-6-7-16(15(18)10-13)23-14-5-4-9-20-12-14/h3-7,9-10,12H,1,8,11H2,2H3,(H2,19,21,22). The maximum Gasteiger partial charge on any atom is 0.191 e. The summed E-state index contributed by atoms with van der Waals surface area (Å²) in [4.78, 5) is 7.98. The molecule has 2 N–H and O–H groups in total. The van der Waals surface area contributed by atoms with E-state index in [0.717, 1.165) is 5.56 Å². The molecule has 0 fully saturated rings. The summed E-state index contributed by atoms with van der Waals surface area (Å²) < 4.78 is 19.6. The topological polar surface area (TPSA) is 58.5 Å². The Morgan fingerprint density at radius 1 is 1.39 bits per heavy atom. The maximum atomic E-state index is 14.1. The molecule has 120 valence electrons. The summed E-state index contributed by atoms with van der Waals surface area (Å²) in [5.74, 6) is 0.852. The fourth-order valence-electron chi connectivity index (χ4n) is 1.85. The van der Waals surface area contributed by atoms with Crippen molar-refractivity contribution in [3.8, 4) is 11.5 Å². The molecule has 1 aromatic carbocycles. The monoisotopic (exact) mass is 314 g/mol. The molecule has 0 aliphatic heterocycles. The molecule has 0 spiro atoms. The maximum absolute atomic E-state index is 14.1. The summed E-state index contributed by atoms with van der Waals surface area (Å²) in [5, 5.41) is 6.13. The summed E-state index contributed by atoms with van der Waals surface area (Å²) in [7, 11) is 1.67. The zero-order valence-electron chi connectivity index (χ0n) is 12.9. The van der Waals surface area contributed by atoms with E-state index in [1.165, 1.54) is 12.3 Å². The van der Waals surface area contributed by atoms with Crippen LogP contribution < -0.4 is 15.4 Å². The minimum Gasteiger partial charge on any atom is -0.453 e. The first-order valence-electron chi connectivity index (χ1n) is 7.14. The van der Waals surface area contributed by atoms with E-state index in [-0.39, 0.29) is 5.75 Å². The van der Waals surface area contributed by atoms with Crippen molar-refractivity contribution in [1.82, 2.24) is 15.6 Å². The summed E-state index contributed by atoms with van der Waals surface area (Å²) in [5.41, 5.74) is 0.780. The van der Waals surface area contributed by atoms with Gasteiger partial charge in [0.25, 0.3) is 0 Å². The number of hydrogen-bond acceptors (Lipinski definition) is 3. The molecule has 23 heavy (non-hydrogen) atoms. The van der Waals surface area contributed by atoms with Crippen LogP contribution in [0.3, 0.4) is 0 Å². The summed E-state index contributed by atoms with van der Waals surface area (Å²) >= 11 is 0. The Bertz CT molecular complexity index is 674. The van der Waals surface area contributed by atoms with Gasteiger partial charge in [0, 0.05) is 26.3 Å². The van der Waals surface area contributed by atoms with E-state index >= 15 is 0 Å². The van der Waals surface area contributed by atoms with Crippen molar-refractivity contribution in [1.29, 1.82) is 0 Å². The van der Waals surface area contributed by atoms with Crippen LogP contribution in [0, 0.1) is 5.82 Å². The second-order valence-corrected chi connectivity index (χ2v) is 4.65. The molecule has 0 amide bonds.